The molecule has 0 radical (unpaired) electrons. The third kappa shape index (κ3) is 4.77. The average molecular weight is 475 g/mol. The second-order valence-corrected chi connectivity index (χ2v) is 8.30. The van der Waals surface area contributed by atoms with Gasteiger partial charge in [0.15, 0.2) is 11.5 Å². The van der Waals surface area contributed by atoms with Crippen LogP contribution in [-0.2, 0) is 4.79 Å². The molecule has 0 aliphatic carbocycles. The topological polar surface area (TPSA) is 94.8 Å². The summed E-state index contributed by atoms with van der Waals surface area (Å²) in [4.78, 5) is 30.0. The fourth-order valence-electron chi connectivity index (χ4n) is 3.78. The van der Waals surface area contributed by atoms with Crippen LogP contribution in [0, 0.1) is 10.1 Å². The van der Waals surface area contributed by atoms with E-state index in [-0.39, 0.29) is 23.3 Å². The van der Waals surface area contributed by atoms with E-state index in [0.717, 1.165) is 34.1 Å². The Labute approximate surface area is 191 Å². The fraction of sp³-hybridized carbons (Fsp3) is 0.273. The first kappa shape index (κ1) is 22.6. The number of nitro groups is 1. The van der Waals surface area contributed by atoms with Gasteiger partial charge in [-0.25, -0.2) is 4.98 Å². The van der Waals surface area contributed by atoms with Crippen LogP contribution in [0.3, 0.4) is 0 Å². The summed E-state index contributed by atoms with van der Waals surface area (Å²) in [6.07, 6.45) is 4.10. The molecule has 8 nitrogen and oxygen atoms in total. The second kappa shape index (κ2) is 9.49. The number of hydrogen-bond acceptors (Lipinski definition) is 7. The second-order valence-electron chi connectivity index (χ2n) is 7.24. The van der Waals surface area contributed by atoms with Crippen molar-refractivity contribution in [3.63, 3.8) is 0 Å². The van der Waals surface area contributed by atoms with Crippen LogP contribution in [0.1, 0.15) is 29.5 Å². The molecular weight excluding hydrogens is 456 g/mol. The zero-order valence-corrected chi connectivity index (χ0v) is 18.3. The molecule has 2 aromatic carbocycles. The molecule has 2 heterocycles. The number of amides is 1. The predicted octanol–water partition coefficient (Wildman–Crippen LogP) is 5.19. The van der Waals surface area contributed by atoms with Crippen LogP contribution >= 0.6 is 11.3 Å². The Kier molecular flexibility index (Phi) is 6.50. The monoisotopic (exact) mass is 475 g/mol. The van der Waals surface area contributed by atoms with E-state index in [1.54, 1.807) is 4.90 Å². The maximum atomic E-state index is 13.0. The van der Waals surface area contributed by atoms with Crippen LogP contribution in [0.25, 0.3) is 16.3 Å². The highest BCUT2D eigenvalue weighted by molar-refractivity contribution is 7.18. The smallest absolute Gasteiger partial charge is 0.387 e. The zero-order valence-electron chi connectivity index (χ0n) is 17.4. The number of alkyl halides is 2. The Morgan fingerprint density at radius 2 is 2.12 bits per heavy atom. The number of ether oxygens (including phenoxy) is 2. The van der Waals surface area contributed by atoms with E-state index in [0.29, 0.717) is 6.54 Å². The van der Waals surface area contributed by atoms with Gasteiger partial charge in [-0.1, -0.05) is 12.1 Å². The summed E-state index contributed by atoms with van der Waals surface area (Å²) in [5.74, 6) is -0.891. The highest BCUT2D eigenvalue weighted by atomic mass is 32.1. The number of likely N-dealkylation sites (tertiary alicyclic amines) is 1. The first-order valence-electron chi connectivity index (χ1n) is 10.0. The minimum absolute atomic E-state index is 0.0301. The third-order valence-corrected chi connectivity index (χ3v) is 6.40. The Bertz CT molecular complexity index is 1200. The van der Waals surface area contributed by atoms with Gasteiger partial charge in [0.2, 0.25) is 5.91 Å². The number of hydrogen-bond donors (Lipinski definition) is 0. The summed E-state index contributed by atoms with van der Waals surface area (Å²) >= 11 is 1.54. The molecule has 1 aliphatic rings. The van der Waals surface area contributed by atoms with Gasteiger partial charge in [0.25, 0.3) is 5.69 Å². The number of para-hydroxylation sites is 1. The molecule has 172 valence electrons. The van der Waals surface area contributed by atoms with E-state index in [2.05, 4.69) is 9.72 Å². The van der Waals surface area contributed by atoms with Crippen LogP contribution < -0.4 is 9.47 Å². The number of thiazole rings is 1. The van der Waals surface area contributed by atoms with Gasteiger partial charge in [-0.05, 0) is 37.1 Å². The van der Waals surface area contributed by atoms with Crippen LogP contribution in [-0.4, -0.2) is 41.0 Å². The number of rotatable bonds is 7. The lowest BCUT2D eigenvalue weighted by Crippen LogP contribution is -2.28. The molecule has 33 heavy (non-hydrogen) atoms. The number of methoxy groups -OCH3 is 1. The van der Waals surface area contributed by atoms with E-state index in [1.165, 1.54) is 36.7 Å². The van der Waals surface area contributed by atoms with Crippen molar-refractivity contribution in [2.24, 2.45) is 0 Å². The molecule has 11 heteroatoms. The van der Waals surface area contributed by atoms with Gasteiger partial charge >= 0.3 is 6.61 Å². The minimum Gasteiger partial charge on any atom is -0.493 e. The van der Waals surface area contributed by atoms with E-state index in [1.807, 2.05) is 24.3 Å². The lowest BCUT2D eigenvalue weighted by atomic mass is 10.1. The van der Waals surface area contributed by atoms with Crippen molar-refractivity contribution >= 4 is 39.2 Å². The molecule has 1 atom stereocenters. The Hall–Kier alpha value is -3.60. The van der Waals surface area contributed by atoms with Crippen molar-refractivity contribution in [1.29, 1.82) is 0 Å². The first-order valence-corrected chi connectivity index (χ1v) is 10.8. The van der Waals surface area contributed by atoms with Crippen LogP contribution in [0.5, 0.6) is 11.5 Å². The van der Waals surface area contributed by atoms with Gasteiger partial charge in [-0.3, -0.25) is 14.9 Å². The predicted molar refractivity (Wildman–Crippen MR) is 119 cm³/mol. The van der Waals surface area contributed by atoms with Gasteiger partial charge in [-0.2, -0.15) is 8.78 Å². The van der Waals surface area contributed by atoms with Crippen molar-refractivity contribution in [3.8, 4) is 11.5 Å². The summed E-state index contributed by atoms with van der Waals surface area (Å²) in [6.45, 7) is -2.63. The largest absolute Gasteiger partial charge is 0.493 e. The quantitative estimate of drug-likeness (QED) is 0.265. The van der Waals surface area contributed by atoms with Gasteiger partial charge in [0.1, 0.15) is 5.01 Å². The third-order valence-electron chi connectivity index (χ3n) is 5.26. The van der Waals surface area contributed by atoms with Crippen molar-refractivity contribution in [2.75, 3.05) is 13.7 Å². The molecule has 0 spiro atoms. The number of fused-ring (bicyclic) bond motifs is 1. The van der Waals surface area contributed by atoms with Crippen molar-refractivity contribution in [2.45, 2.75) is 25.5 Å². The number of carbonyl (C=O) groups is 1. The highest BCUT2D eigenvalue weighted by Gasteiger charge is 2.31. The summed E-state index contributed by atoms with van der Waals surface area (Å²) < 4.78 is 35.6. The normalized spacial score (nSPS) is 16.1. The lowest BCUT2D eigenvalue weighted by molar-refractivity contribution is -0.385. The molecule has 3 aromatic rings. The molecule has 0 saturated carbocycles. The summed E-state index contributed by atoms with van der Waals surface area (Å²) in [5, 5.41) is 12.3. The van der Waals surface area contributed by atoms with Crippen LogP contribution in [0.15, 0.2) is 42.5 Å². The molecule has 4 rings (SSSR count). The number of nitrogens with zero attached hydrogens (tertiary/aromatic N) is 3. The maximum Gasteiger partial charge on any atom is 0.387 e. The first-order chi connectivity index (χ1) is 15.9. The number of nitro benzene ring substituents is 1. The van der Waals surface area contributed by atoms with Gasteiger partial charge < -0.3 is 14.4 Å². The van der Waals surface area contributed by atoms with Crippen molar-refractivity contribution < 1.29 is 28.0 Å². The van der Waals surface area contributed by atoms with E-state index >= 15 is 0 Å². The number of benzene rings is 2. The summed E-state index contributed by atoms with van der Waals surface area (Å²) in [6, 6.07) is 9.61. The Balaban J connectivity index is 1.60. The molecule has 1 amide bonds. The SMILES string of the molecule is COc1cc(C=CC(=O)N2CCCC2c2nc3ccccc3s2)c([N+](=O)[O-])cc1OC(F)F. The molecule has 1 aromatic heterocycles. The van der Waals surface area contributed by atoms with E-state index < -0.39 is 23.0 Å². The lowest BCUT2D eigenvalue weighted by Gasteiger charge is -2.21. The molecule has 1 aliphatic heterocycles. The van der Waals surface area contributed by atoms with E-state index in [9.17, 15) is 23.7 Å². The maximum absolute atomic E-state index is 13.0. The Morgan fingerprint density at radius 3 is 2.82 bits per heavy atom. The fourth-order valence-corrected chi connectivity index (χ4v) is 4.90. The number of halogens is 2. The zero-order chi connectivity index (χ0) is 23.5. The van der Waals surface area contributed by atoms with E-state index in [4.69, 9.17) is 4.74 Å². The highest BCUT2D eigenvalue weighted by Crippen LogP contribution is 2.38. The number of carbonyl (C=O) groups excluding carboxylic acids is 1. The molecule has 0 bridgehead atoms. The summed E-state index contributed by atoms with van der Waals surface area (Å²) in [7, 11) is 1.23. The molecule has 1 unspecified atom stereocenters. The summed E-state index contributed by atoms with van der Waals surface area (Å²) in [5.41, 5.74) is 0.420. The molecular formula is C22H19F2N3O5S. The van der Waals surface area contributed by atoms with Crippen molar-refractivity contribution in [1.82, 2.24) is 9.88 Å². The Morgan fingerprint density at radius 1 is 1.33 bits per heavy atom. The average Bonchev–Trinajstić information content (AvgIpc) is 3.44. The van der Waals surface area contributed by atoms with Gasteiger partial charge in [-0.15, -0.1) is 11.3 Å². The van der Waals surface area contributed by atoms with Gasteiger partial charge in [0, 0.05) is 12.6 Å². The van der Waals surface area contributed by atoms with Gasteiger partial charge in [0.05, 0.1) is 39.9 Å². The van der Waals surface area contributed by atoms with Crippen molar-refractivity contribution in [3.05, 3.63) is 63.2 Å². The molecule has 1 saturated heterocycles. The standard InChI is InChI=1S/C22H19F2N3O5S/c1-31-17-11-13(16(27(29)30)12-18(17)32-22(23)24)8-9-20(28)26-10-4-6-15(26)21-25-14-5-2-3-7-19(14)33-21/h2-3,5,7-9,11-12,15,22H,4,6,10H2,1H3. The number of aromatic nitrogens is 1. The minimum atomic E-state index is -3.17. The van der Waals surface area contributed by atoms with Crippen LogP contribution in [0.4, 0.5) is 14.5 Å². The molecule has 0 N–H and O–H groups in total. The molecule has 1 fully saturated rings. The van der Waals surface area contributed by atoms with Crippen LogP contribution in [0.2, 0.25) is 0 Å².